The molecule has 0 aliphatic heterocycles. The third-order valence-electron chi connectivity index (χ3n) is 4.26. The molecule has 0 N–H and O–H groups in total. The monoisotopic (exact) mass is 265 g/mol. The van der Waals surface area contributed by atoms with Gasteiger partial charge in [-0.1, -0.05) is 24.3 Å². The minimum Gasteiger partial charge on any atom is -0.294 e. The first kappa shape index (κ1) is 13.0. The van der Waals surface area contributed by atoms with Gasteiger partial charge < -0.3 is 0 Å². The summed E-state index contributed by atoms with van der Waals surface area (Å²) in [7, 11) is 0. The SMILES string of the molecule is Cc1ccncc1C(=O)CC1CCCc2ccccc21. The van der Waals surface area contributed by atoms with Crippen LogP contribution in [0.25, 0.3) is 0 Å². The Kier molecular flexibility index (Phi) is 3.64. The Morgan fingerprint density at radius 3 is 3.00 bits per heavy atom. The van der Waals surface area contributed by atoms with Gasteiger partial charge in [0.25, 0.3) is 0 Å². The second-order valence-corrected chi connectivity index (χ2v) is 5.61. The van der Waals surface area contributed by atoms with Gasteiger partial charge in [0.15, 0.2) is 5.78 Å². The van der Waals surface area contributed by atoms with Gasteiger partial charge in [0.2, 0.25) is 0 Å². The van der Waals surface area contributed by atoms with Crippen molar-refractivity contribution in [1.82, 2.24) is 4.98 Å². The third-order valence-corrected chi connectivity index (χ3v) is 4.26. The summed E-state index contributed by atoms with van der Waals surface area (Å²) >= 11 is 0. The lowest BCUT2D eigenvalue weighted by Crippen LogP contribution is -2.14. The fourth-order valence-electron chi connectivity index (χ4n) is 3.16. The highest BCUT2D eigenvalue weighted by molar-refractivity contribution is 5.97. The summed E-state index contributed by atoms with van der Waals surface area (Å²) in [5.74, 6) is 0.587. The van der Waals surface area contributed by atoms with E-state index in [4.69, 9.17) is 0 Å². The number of fused-ring (bicyclic) bond motifs is 1. The molecule has 3 rings (SSSR count). The Morgan fingerprint density at radius 1 is 1.30 bits per heavy atom. The van der Waals surface area contributed by atoms with Crippen molar-refractivity contribution in [2.24, 2.45) is 0 Å². The van der Waals surface area contributed by atoms with Crippen LogP contribution >= 0.6 is 0 Å². The van der Waals surface area contributed by atoms with Gasteiger partial charge in [0.05, 0.1) is 0 Å². The number of benzene rings is 1. The Balaban J connectivity index is 1.83. The molecule has 2 heteroatoms. The maximum atomic E-state index is 12.5. The molecule has 1 unspecified atom stereocenters. The fraction of sp³-hybridized carbons (Fsp3) is 0.333. The molecule has 1 aromatic heterocycles. The van der Waals surface area contributed by atoms with E-state index in [1.54, 1.807) is 12.4 Å². The van der Waals surface area contributed by atoms with E-state index in [0.29, 0.717) is 12.3 Å². The van der Waals surface area contributed by atoms with E-state index in [1.807, 2.05) is 13.0 Å². The number of aryl methyl sites for hydroxylation is 2. The van der Waals surface area contributed by atoms with E-state index in [9.17, 15) is 4.79 Å². The van der Waals surface area contributed by atoms with Crippen molar-refractivity contribution in [3.8, 4) is 0 Å². The maximum absolute atomic E-state index is 12.5. The zero-order valence-electron chi connectivity index (χ0n) is 11.8. The Bertz CT molecular complexity index is 633. The van der Waals surface area contributed by atoms with Crippen LogP contribution in [0.5, 0.6) is 0 Å². The predicted octanol–water partition coefficient (Wildman–Crippen LogP) is 4.08. The number of rotatable bonds is 3. The summed E-state index contributed by atoms with van der Waals surface area (Å²) in [6.07, 6.45) is 7.48. The van der Waals surface area contributed by atoms with Crippen LogP contribution in [-0.2, 0) is 6.42 Å². The second-order valence-electron chi connectivity index (χ2n) is 5.61. The van der Waals surface area contributed by atoms with Crippen LogP contribution in [0.15, 0.2) is 42.7 Å². The zero-order chi connectivity index (χ0) is 13.9. The summed E-state index contributed by atoms with van der Waals surface area (Å²) in [5.41, 5.74) is 4.58. The van der Waals surface area contributed by atoms with Crippen LogP contribution in [0.3, 0.4) is 0 Å². The highest BCUT2D eigenvalue weighted by Crippen LogP contribution is 2.34. The van der Waals surface area contributed by atoms with Crippen LogP contribution in [0, 0.1) is 6.92 Å². The van der Waals surface area contributed by atoms with Gasteiger partial charge in [0, 0.05) is 24.4 Å². The fourth-order valence-corrected chi connectivity index (χ4v) is 3.16. The molecule has 0 saturated heterocycles. The highest BCUT2D eigenvalue weighted by Gasteiger charge is 2.23. The van der Waals surface area contributed by atoms with Crippen LogP contribution in [0.2, 0.25) is 0 Å². The lowest BCUT2D eigenvalue weighted by Gasteiger charge is -2.25. The number of Topliss-reactive ketones (excluding diaryl/α,β-unsaturated/α-hetero) is 1. The smallest absolute Gasteiger partial charge is 0.165 e. The normalized spacial score (nSPS) is 17.6. The van der Waals surface area contributed by atoms with E-state index in [2.05, 4.69) is 29.2 Å². The first-order chi connectivity index (χ1) is 9.75. The molecule has 102 valence electrons. The highest BCUT2D eigenvalue weighted by atomic mass is 16.1. The number of nitrogens with zero attached hydrogens (tertiary/aromatic N) is 1. The average Bonchev–Trinajstić information content (AvgIpc) is 2.48. The topological polar surface area (TPSA) is 30.0 Å². The summed E-state index contributed by atoms with van der Waals surface area (Å²) in [6, 6.07) is 10.5. The van der Waals surface area contributed by atoms with Crippen molar-refractivity contribution >= 4 is 5.78 Å². The Hall–Kier alpha value is -1.96. The summed E-state index contributed by atoms with van der Waals surface area (Å²) in [5, 5.41) is 0. The number of aromatic nitrogens is 1. The van der Waals surface area contributed by atoms with E-state index in [1.165, 1.54) is 17.5 Å². The van der Waals surface area contributed by atoms with Crippen molar-refractivity contribution < 1.29 is 4.79 Å². The molecule has 20 heavy (non-hydrogen) atoms. The first-order valence-corrected chi connectivity index (χ1v) is 7.27. The molecule has 1 aromatic carbocycles. The molecular weight excluding hydrogens is 246 g/mol. The zero-order valence-corrected chi connectivity index (χ0v) is 11.8. The molecule has 2 aromatic rings. The van der Waals surface area contributed by atoms with Crippen molar-refractivity contribution in [1.29, 1.82) is 0 Å². The summed E-state index contributed by atoms with van der Waals surface area (Å²) in [6.45, 7) is 1.98. The van der Waals surface area contributed by atoms with Gasteiger partial charge in [-0.05, 0) is 54.9 Å². The molecule has 0 fully saturated rings. The number of ketones is 1. The quantitative estimate of drug-likeness (QED) is 0.783. The molecule has 2 nitrogen and oxygen atoms in total. The van der Waals surface area contributed by atoms with E-state index in [-0.39, 0.29) is 5.78 Å². The number of carbonyl (C=O) groups is 1. The van der Waals surface area contributed by atoms with E-state index in [0.717, 1.165) is 24.0 Å². The lowest BCUT2D eigenvalue weighted by atomic mass is 9.79. The van der Waals surface area contributed by atoms with E-state index >= 15 is 0 Å². The minimum atomic E-state index is 0.220. The molecule has 1 atom stereocenters. The molecule has 1 aliphatic carbocycles. The summed E-state index contributed by atoms with van der Waals surface area (Å²) < 4.78 is 0. The molecular formula is C18H19NO. The predicted molar refractivity (Wildman–Crippen MR) is 80.0 cm³/mol. The number of carbonyl (C=O) groups excluding carboxylic acids is 1. The second kappa shape index (κ2) is 5.58. The maximum Gasteiger partial charge on any atom is 0.165 e. The van der Waals surface area contributed by atoms with Crippen LogP contribution in [-0.4, -0.2) is 10.8 Å². The molecule has 0 radical (unpaired) electrons. The summed E-state index contributed by atoms with van der Waals surface area (Å²) in [4.78, 5) is 16.6. The van der Waals surface area contributed by atoms with Gasteiger partial charge in [-0.15, -0.1) is 0 Å². The Labute approximate surface area is 119 Å². The number of hydrogen-bond donors (Lipinski definition) is 0. The largest absolute Gasteiger partial charge is 0.294 e. The third kappa shape index (κ3) is 2.51. The van der Waals surface area contributed by atoms with Crippen molar-refractivity contribution in [3.05, 3.63) is 65.0 Å². The average molecular weight is 265 g/mol. The molecule has 0 saturated carbocycles. The van der Waals surface area contributed by atoms with E-state index < -0.39 is 0 Å². The van der Waals surface area contributed by atoms with Crippen LogP contribution < -0.4 is 0 Å². The number of hydrogen-bond acceptors (Lipinski definition) is 2. The van der Waals surface area contributed by atoms with Gasteiger partial charge in [0.1, 0.15) is 0 Å². The van der Waals surface area contributed by atoms with Gasteiger partial charge >= 0.3 is 0 Å². The minimum absolute atomic E-state index is 0.220. The Morgan fingerprint density at radius 2 is 2.15 bits per heavy atom. The molecule has 1 aliphatic rings. The molecule has 0 bridgehead atoms. The van der Waals surface area contributed by atoms with Crippen LogP contribution in [0.1, 0.15) is 52.2 Å². The molecule has 0 amide bonds. The first-order valence-electron chi connectivity index (χ1n) is 7.27. The van der Waals surface area contributed by atoms with Crippen LogP contribution in [0.4, 0.5) is 0 Å². The van der Waals surface area contributed by atoms with Gasteiger partial charge in [-0.2, -0.15) is 0 Å². The molecule has 0 spiro atoms. The van der Waals surface area contributed by atoms with Gasteiger partial charge in [-0.25, -0.2) is 0 Å². The molecule has 1 heterocycles. The van der Waals surface area contributed by atoms with Crippen molar-refractivity contribution in [2.75, 3.05) is 0 Å². The van der Waals surface area contributed by atoms with Crippen molar-refractivity contribution in [2.45, 2.75) is 38.5 Å². The number of pyridine rings is 1. The standard InChI is InChI=1S/C18H19NO/c1-13-9-10-19-12-17(13)18(20)11-15-7-4-6-14-5-2-3-8-16(14)15/h2-3,5,8-10,12,15H,4,6-7,11H2,1H3. The lowest BCUT2D eigenvalue weighted by molar-refractivity contribution is 0.0970. The van der Waals surface area contributed by atoms with Gasteiger partial charge in [-0.3, -0.25) is 9.78 Å². The van der Waals surface area contributed by atoms with Crippen molar-refractivity contribution in [3.63, 3.8) is 0 Å².